The van der Waals surface area contributed by atoms with Crippen molar-refractivity contribution in [3.8, 4) is 0 Å². The van der Waals surface area contributed by atoms with Crippen LogP contribution in [0.1, 0.15) is 20.8 Å². The topological polar surface area (TPSA) is 122 Å². The number of esters is 1. The number of carbonyl (C=O) groups excluding carboxylic acids is 1. The van der Waals surface area contributed by atoms with Crippen LogP contribution in [0.3, 0.4) is 0 Å². The van der Waals surface area contributed by atoms with E-state index in [-0.39, 0.29) is 0 Å². The number of carbonyl (C=O) groups is 2. The molecule has 0 rings (SSSR count). The monoisotopic (exact) mass is 245 g/mol. The molecule has 0 unspecified atom stereocenters. The van der Waals surface area contributed by atoms with Crippen LogP contribution < -0.4 is 0 Å². The lowest BCUT2D eigenvalue weighted by Crippen LogP contribution is -2.43. The zero-order valence-corrected chi connectivity index (χ0v) is 10.1. The minimum atomic E-state index is -1.65. The number of carboxylic acids is 1. The number of azide groups is 1. The van der Waals surface area contributed by atoms with Crippen molar-refractivity contribution in [1.82, 2.24) is 0 Å². The fraction of sp³-hybridized carbons (Fsp3) is 0.778. The lowest BCUT2D eigenvalue weighted by atomic mass is 10.1. The van der Waals surface area contributed by atoms with Gasteiger partial charge in [-0.1, -0.05) is 5.11 Å². The molecule has 0 aliphatic rings. The highest BCUT2D eigenvalue weighted by molar-refractivity contribution is 5.85. The summed E-state index contributed by atoms with van der Waals surface area (Å²) in [5.74, 6) is -2.35. The third kappa shape index (κ3) is 5.19. The van der Waals surface area contributed by atoms with E-state index in [9.17, 15) is 9.59 Å². The first-order valence-corrected chi connectivity index (χ1v) is 4.75. The Bertz CT molecular complexity index is 341. The normalized spacial score (nSPS) is 14.4. The highest BCUT2D eigenvalue weighted by Crippen LogP contribution is 2.13. The average molecular weight is 245 g/mol. The summed E-state index contributed by atoms with van der Waals surface area (Å²) in [6.07, 6.45) is -1.47. The summed E-state index contributed by atoms with van der Waals surface area (Å²) in [5, 5.41) is 11.8. The molecule has 0 aromatic carbocycles. The highest BCUT2D eigenvalue weighted by Gasteiger charge is 2.36. The molecule has 0 fully saturated rings. The van der Waals surface area contributed by atoms with E-state index < -0.39 is 29.7 Å². The molecule has 0 aliphatic heterocycles. The minimum absolute atomic E-state index is 0.784. The van der Waals surface area contributed by atoms with Gasteiger partial charge in [0.1, 0.15) is 5.60 Å². The number of hydrogen-bond donors (Lipinski definition) is 1. The van der Waals surface area contributed by atoms with E-state index in [1.54, 1.807) is 20.8 Å². The Morgan fingerprint density at radius 2 is 1.94 bits per heavy atom. The molecule has 8 nitrogen and oxygen atoms in total. The number of ether oxygens (including phenoxy) is 2. The maximum absolute atomic E-state index is 11.6. The van der Waals surface area contributed by atoms with E-state index >= 15 is 0 Å². The number of methoxy groups -OCH3 is 1. The Labute approximate surface area is 98.1 Å². The van der Waals surface area contributed by atoms with E-state index in [1.807, 2.05) is 0 Å². The van der Waals surface area contributed by atoms with Crippen molar-refractivity contribution in [3.63, 3.8) is 0 Å². The van der Waals surface area contributed by atoms with Gasteiger partial charge in [-0.05, 0) is 26.3 Å². The van der Waals surface area contributed by atoms with Crippen molar-refractivity contribution < 1.29 is 24.2 Å². The molecule has 17 heavy (non-hydrogen) atoms. The Kier molecular flexibility index (Phi) is 5.43. The summed E-state index contributed by atoms with van der Waals surface area (Å²) in [7, 11) is 1.14. The van der Waals surface area contributed by atoms with Crippen molar-refractivity contribution in [3.05, 3.63) is 10.4 Å². The third-order valence-electron chi connectivity index (χ3n) is 1.61. The van der Waals surface area contributed by atoms with Gasteiger partial charge >= 0.3 is 11.9 Å². The van der Waals surface area contributed by atoms with Gasteiger partial charge in [-0.2, -0.15) is 0 Å². The molecule has 2 atom stereocenters. The SMILES string of the molecule is CO[C@H](C(=O)OC(C)(C)C)[C@H](N=[N+]=[N-])C(=O)O. The number of rotatable bonds is 5. The molecule has 0 saturated carbocycles. The molecule has 0 aliphatic carbocycles. The van der Waals surface area contributed by atoms with Crippen molar-refractivity contribution in [1.29, 1.82) is 0 Å². The molecular weight excluding hydrogens is 230 g/mol. The van der Waals surface area contributed by atoms with Crippen LogP contribution in [0.5, 0.6) is 0 Å². The summed E-state index contributed by atoms with van der Waals surface area (Å²) in [4.78, 5) is 24.8. The fourth-order valence-corrected chi connectivity index (χ4v) is 1.01. The quantitative estimate of drug-likeness (QED) is 0.336. The van der Waals surface area contributed by atoms with Gasteiger partial charge in [-0.25, -0.2) is 4.79 Å². The molecule has 0 saturated heterocycles. The van der Waals surface area contributed by atoms with Gasteiger partial charge in [-0.3, -0.25) is 4.79 Å². The van der Waals surface area contributed by atoms with Crippen molar-refractivity contribution in [2.75, 3.05) is 7.11 Å². The van der Waals surface area contributed by atoms with Gasteiger partial charge < -0.3 is 14.6 Å². The molecular formula is C9H15N3O5. The molecule has 0 bridgehead atoms. The molecule has 96 valence electrons. The van der Waals surface area contributed by atoms with Gasteiger partial charge in [0.15, 0.2) is 12.1 Å². The first-order valence-electron chi connectivity index (χ1n) is 4.75. The molecule has 0 heterocycles. The Balaban J connectivity index is 4.97. The van der Waals surface area contributed by atoms with E-state index in [4.69, 9.17) is 20.1 Å². The van der Waals surface area contributed by atoms with Gasteiger partial charge in [0, 0.05) is 12.0 Å². The summed E-state index contributed by atoms with van der Waals surface area (Å²) < 4.78 is 9.67. The van der Waals surface area contributed by atoms with Gasteiger partial charge in [0.25, 0.3) is 0 Å². The summed E-state index contributed by atoms with van der Waals surface area (Å²) in [5.41, 5.74) is 7.45. The number of aliphatic carboxylic acids is 1. The Hall–Kier alpha value is -1.79. The van der Waals surface area contributed by atoms with Gasteiger partial charge in [0.05, 0.1) is 0 Å². The number of carboxylic acid groups (broad SMARTS) is 1. The van der Waals surface area contributed by atoms with Crippen molar-refractivity contribution >= 4 is 11.9 Å². The highest BCUT2D eigenvalue weighted by atomic mass is 16.6. The summed E-state index contributed by atoms with van der Waals surface area (Å²) >= 11 is 0. The third-order valence-corrected chi connectivity index (χ3v) is 1.61. The number of hydrogen-bond acceptors (Lipinski definition) is 5. The van der Waals surface area contributed by atoms with Crippen LogP contribution >= 0.6 is 0 Å². The van der Waals surface area contributed by atoms with Crippen molar-refractivity contribution in [2.45, 2.75) is 38.5 Å². The largest absolute Gasteiger partial charge is 0.481 e. The predicted octanol–water partition coefficient (Wildman–Crippen LogP) is 1.11. The summed E-state index contributed by atoms with van der Waals surface area (Å²) in [6.45, 7) is 4.88. The van der Waals surface area contributed by atoms with Crippen LogP contribution in [0.2, 0.25) is 0 Å². The summed E-state index contributed by atoms with van der Waals surface area (Å²) in [6, 6.07) is -1.65. The minimum Gasteiger partial charge on any atom is -0.481 e. The predicted molar refractivity (Wildman–Crippen MR) is 57.2 cm³/mol. The maximum Gasteiger partial charge on any atom is 0.336 e. The second kappa shape index (κ2) is 6.07. The van der Waals surface area contributed by atoms with Crippen molar-refractivity contribution in [2.24, 2.45) is 5.11 Å². The smallest absolute Gasteiger partial charge is 0.336 e. The molecule has 0 aromatic rings. The number of nitrogens with zero attached hydrogens (tertiary/aromatic N) is 3. The lowest BCUT2D eigenvalue weighted by molar-refractivity contribution is -0.171. The van der Waals surface area contributed by atoms with Crippen LogP contribution in [0, 0.1) is 0 Å². The van der Waals surface area contributed by atoms with Crippen LogP contribution in [0.15, 0.2) is 5.11 Å². The Morgan fingerprint density at radius 1 is 1.41 bits per heavy atom. The lowest BCUT2D eigenvalue weighted by Gasteiger charge is -2.24. The molecule has 0 radical (unpaired) electrons. The van der Waals surface area contributed by atoms with E-state index in [0.29, 0.717) is 0 Å². The fourth-order valence-electron chi connectivity index (χ4n) is 1.01. The van der Waals surface area contributed by atoms with Gasteiger partial charge in [0.2, 0.25) is 0 Å². The van der Waals surface area contributed by atoms with E-state index in [2.05, 4.69) is 10.0 Å². The average Bonchev–Trinajstić information content (AvgIpc) is 2.14. The van der Waals surface area contributed by atoms with E-state index in [1.165, 1.54) is 0 Å². The van der Waals surface area contributed by atoms with E-state index in [0.717, 1.165) is 7.11 Å². The zero-order valence-electron chi connectivity index (χ0n) is 10.1. The zero-order chi connectivity index (χ0) is 13.6. The molecule has 0 aromatic heterocycles. The first-order chi connectivity index (χ1) is 7.72. The molecule has 0 spiro atoms. The van der Waals surface area contributed by atoms with Crippen LogP contribution in [0.4, 0.5) is 0 Å². The van der Waals surface area contributed by atoms with Crippen LogP contribution in [0.25, 0.3) is 10.4 Å². The molecule has 1 N–H and O–H groups in total. The van der Waals surface area contributed by atoms with Crippen LogP contribution in [-0.2, 0) is 19.1 Å². The Morgan fingerprint density at radius 3 is 2.24 bits per heavy atom. The second-order valence-corrected chi connectivity index (χ2v) is 4.18. The standard InChI is InChI=1S/C9H15N3O5/c1-9(2,3)17-8(15)6(16-4)5(7(13)14)11-12-10/h5-6H,1-4H3,(H,13,14)/t5-,6-/m0/s1. The second-order valence-electron chi connectivity index (χ2n) is 4.18. The molecule has 0 amide bonds. The van der Waals surface area contributed by atoms with Gasteiger partial charge in [-0.15, -0.1) is 0 Å². The molecule has 8 heteroatoms. The van der Waals surface area contributed by atoms with Crippen LogP contribution in [-0.4, -0.2) is 41.9 Å². The first kappa shape index (κ1) is 15.2. The maximum atomic E-state index is 11.6.